The molecule has 2 saturated carbocycles. The first kappa shape index (κ1) is 50.0. The zero-order chi connectivity index (χ0) is 48.1. The molecule has 13 heteroatoms. The third-order valence-electron chi connectivity index (χ3n) is 14.3. The first-order chi connectivity index (χ1) is 33.7. The van der Waals surface area contributed by atoms with Crippen LogP contribution in [0.5, 0.6) is 11.5 Å². The van der Waals surface area contributed by atoms with E-state index >= 15 is 0 Å². The minimum absolute atomic E-state index is 0.147. The number of rotatable bonds is 16. The zero-order valence-electron chi connectivity index (χ0n) is 41.1. The van der Waals surface area contributed by atoms with Gasteiger partial charge < -0.3 is 38.3 Å². The number of benzene rings is 2. The molecule has 0 spiro atoms. The summed E-state index contributed by atoms with van der Waals surface area (Å²) in [6, 6.07) is 25.7. The molecule has 0 atom stereocenters. The van der Waals surface area contributed by atoms with Crippen LogP contribution in [0.4, 0.5) is 11.4 Å². The maximum absolute atomic E-state index is 12.8. The molecule has 6 heterocycles. The second kappa shape index (κ2) is 24.4. The fourth-order valence-electron chi connectivity index (χ4n) is 9.63. The smallest absolute Gasteiger partial charge is 0.229 e. The minimum atomic E-state index is -0.147. The van der Waals surface area contributed by atoms with E-state index in [-0.39, 0.29) is 23.0 Å². The predicted molar refractivity (Wildman–Crippen MR) is 276 cm³/mol. The summed E-state index contributed by atoms with van der Waals surface area (Å²) < 4.78 is 27.1. The molecular formula is C56H71ClN6O6. The summed E-state index contributed by atoms with van der Waals surface area (Å²) in [5, 5.41) is 5.34. The summed E-state index contributed by atoms with van der Waals surface area (Å²) in [5.74, 6) is 3.66. The molecule has 0 radical (unpaired) electrons. The molecule has 10 rings (SSSR count). The molecule has 69 heavy (non-hydrogen) atoms. The summed E-state index contributed by atoms with van der Waals surface area (Å²) in [6.07, 6.45) is 16.3. The Morgan fingerprint density at radius 3 is 1.54 bits per heavy atom. The highest BCUT2D eigenvalue weighted by Crippen LogP contribution is 2.33. The van der Waals surface area contributed by atoms with E-state index in [9.17, 15) is 9.59 Å². The molecule has 4 fully saturated rings. The van der Waals surface area contributed by atoms with Crippen molar-refractivity contribution < 1.29 is 28.5 Å². The standard InChI is InChI=1S/C28H35N3O3.C23H29N3O2.C5H7ClO/c1-3-34-26-9-7-20(8-10-26)15-24-16-23-17-25(30(2)28(32)22-5-4-6-22)18-29-27(23)31(24)19-21-11-13-33-14-12-21;1-3-28-22-6-4-17(5-7-22)12-21-14-19-13-20(24-2)15-25-23(19)26(21)16-18-8-10-27-11-9-18;6-5(7)4-2-1-3-4/h7-10,16-18,21-22H,3-6,11-15,19H2,1-2H3;4-7,13-15,18,24H,3,8-12,16H2,1-2H3;4H,1-3H2. The van der Waals surface area contributed by atoms with Crippen molar-refractivity contribution in [3.63, 3.8) is 0 Å². The third-order valence-corrected chi connectivity index (χ3v) is 14.6. The van der Waals surface area contributed by atoms with E-state index in [4.69, 9.17) is 40.5 Å². The van der Waals surface area contributed by atoms with Gasteiger partial charge in [-0.05, 0) is 148 Å². The highest BCUT2D eigenvalue weighted by molar-refractivity contribution is 6.64. The van der Waals surface area contributed by atoms with E-state index in [1.54, 1.807) is 4.90 Å². The number of hydrogen-bond acceptors (Lipinski definition) is 9. The number of aromatic nitrogens is 4. The topological polar surface area (TPSA) is 122 Å². The second-order valence-electron chi connectivity index (χ2n) is 19.1. The molecule has 0 unspecified atom stereocenters. The van der Waals surface area contributed by atoms with E-state index < -0.39 is 0 Å². The van der Waals surface area contributed by atoms with Crippen LogP contribution >= 0.6 is 11.6 Å². The van der Waals surface area contributed by atoms with E-state index in [0.717, 1.165) is 150 Å². The zero-order valence-corrected chi connectivity index (χ0v) is 41.9. The van der Waals surface area contributed by atoms with Gasteiger partial charge in [-0.1, -0.05) is 37.1 Å². The monoisotopic (exact) mass is 959 g/mol. The van der Waals surface area contributed by atoms with Crippen molar-refractivity contribution in [2.24, 2.45) is 23.7 Å². The van der Waals surface area contributed by atoms with Crippen LogP contribution in [0, 0.1) is 23.7 Å². The normalized spacial score (nSPS) is 16.7. The fraction of sp³-hybridized carbons (Fsp3) is 0.500. The minimum Gasteiger partial charge on any atom is -0.494 e. The van der Waals surface area contributed by atoms with Crippen LogP contribution in [0.15, 0.2) is 85.2 Å². The average molecular weight is 960 g/mol. The number of carbonyl (C=O) groups is 2. The molecule has 2 aromatic carbocycles. The molecule has 12 nitrogen and oxygen atoms in total. The van der Waals surface area contributed by atoms with Crippen LogP contribution < -0.4 is 19.7 Å². The van der Waals surface area contributed by atoms with Gasteiger partial charge in [0.1, 0.15) is 22.8 Å². The lowest BCUT2D eigenvalue weighted by atomic mass is 9.84. The van der Waals surface area contributed by atoms with Gasteiger partial charge in [0.15, 0.2) is 0 Å². The van der Waals surface area contributed by atoms with Crippen LogP contribution in [-0.4, -0.2) is 84.0 Å². The molecular weight excluding hydrogens is 888 g/mol. The van der Waals surface area contributed by atoms with Crippen molar-refractivity contribution in [2.45, 2.75) is 104 Å². The van der Waals surface area contributed by atoms with Crippen molar-refractivity contribution in [2.75, 3.05) is 64.0 Å². The second-order valence-corrected chi connectivity index (χ2v) is 19.4. The molecule has 368 valence electrons. The molecule has 2 aliphatic carbocycles. The maximum atomic E-state index is 12.8. The van der Waals surface area contributed by atoms with Gasteiger partial charge in [-0.15, -0.1) is 0 Å². The van der Waals surface area contributed by atoms with E-state index in [1.165, 1.54) is 34.3 Å². The lowest BCUT2D eigenvalue weighted by Crippen LogP contribution is -2.36. The number of hydrogen-bond donors (Lipinski definition) is 1. The molecule has 6 aromatic rings. The third kappa shape index (κ3) is 13.1. The number of anilines is 2. The predicted octanol–water partition coefficient (Wildman–Crippen LogP) is 11.3. The van der Waals surface area contributed by atoms with Crippen molar-refractivity contribution in [1.82, 2.24) is 19.1 Å². The number of nitrogens with zero attached hydrogens (tertiary/aromatic N) is 5. The summed E-state index contributed by atoms with van der Waals surface area (Å²) in [6.45, 7) is 10.7. The molecule has 1 N–H and O–H groups in total. The number of ether oxygens (including phenoxy) is 4. The van der Waals surface area contributed by atoms with Gasteiger partial charge in [0.25, 0.3) is 0 Å². The number of pyridine rings is 2. The van der Waals surface area contributed by atoms with E-state index in [0.29, 0.717) is 25.0 Å². The Hall–Kier alpha value is -5.43. The van der Waals surface area contributed by atoms with Gasteiger partial charge in [0.2, 0.25) is 11.1 Å². The van der Waals surface area contributed by atoms with E-state index in [1.807, 2.05) is 52.5 Å². The Kier molecular flexibility index (Phi) is 17.7. The van der Waals surface area contributed by atoms with Gasteiger partial charge in [0, 0.05) is 100 Å². The number of halogens is 1. The Labute approximate surface area is 413 Å². The molecule has 4 aliphatic rings. The van der Waals surface area contributed by atoms with Crippen LogP contribution in [0.25, 0.3) is 22.1 Å². The molecule has 4 aromatic heterocycles. The van der Waals surface area contributed by atoms with Gasteiger partial charge in [-0.2, -0.15) is 0 Å². The molecule has 0 bridgehead atoms. The van der Waals surface area contributed by atoms with Gasteiger partial charge >= 0.3 is 0 Å². The lowest BCUT2D eigenvalue weighted by Gasteiger charge is -2.29. The highest BCUT2D eigenvalue weighted by Gasteiger charge is 2.29. The van der Waals surface area contributed by atoms with Crippen LogP contribution in [-0.2, 0) is 45.0 Å². The van der Waals surface area contributed by atoms with Crippen LogP contribution in [0.1, 0.15) is 101 Å². The van der Waals surface area contributed by atoms with Crippen molar-refractivity contribution in [3.8, 4) is 11.5 Å². The first-order valence-electron chi connectivity index (χ1n) is 25.4. The highest BCUT2D eigenvalue weighted by atomic mass is 35.5. The van der Waals surface area contributed by atoms with Crippen molar-refractivity contribution in [3.05, 3.63) is 108 Å². The van der Waals surface area contributed by atoms with Crippen LogP contribution in [0.3, 0.4) is 0 Å². The van der Waals surface area contributed by atoms with E-state index in [2.05, 4.69) is 75.1 Å². The SMILES string of the molecule is CCOc1ccc(Cc2cc3cc(N(C)C(=O)C4CCC4)cnc3n2CC2CCOCC2)cc1.CCOc1ccc(Cc2cc3cc(NC)cnc3n2CC2CCOCC2)cc1.O=C(Cl)C1CCC1. The van der Waals surface area contributed by atoms with Crippen LogP contribution in [0.2, 0.25) is 0 Å². The summed E-state index contributed by atoms with van der Waals surface area (Å²) in [7, 11) is 3.81. The Morgan fingerprint density at radius 2 is 1.13 bits per heavy atom. The summed E-state index contributed by atoms with van der Waals surface area (Å²) >= 11 is 5.14. The average Bonchev–Trinajstić information content (AvgIpc) is 3.84. The largest absolute Gasteiger partial charge is 0.494 e. The van der Waals surface area contributed by atoms with Gasteiger partial charge in [-0.3, -0.25) is 9.59 Å². The summed E-state index contributed by atoms with van der Waals surface area (Å²) in [4.78, 5) is 34.4. The van der Waals surface area contributed by atoms with Gasteiger partial charge in [-0.25, -0.2) is 9.97 Å². The van der Waals surface area contributed by atoms with Crippen molar-refractivity contribution in [1.29, 1.82) is 0 Å². The molecule has 2 aliphatic heterocycles. The maximum Gasteiger partial charge on any atom is 0.229 e. The molecule has 1 amide bonds. The Bertz CT molecular complexity index is 2590. The van der Waals surface area contributed by atoms with Gasteiger partial charge in [0.05, 0.1) is 37.0 Å². The Morgan fingerprint density at radius 1 is 0.667 bits per heavy atom. The lowest BCUT2D eigenvalue weighted by molar-refractivity contribution is -0.124. The van der Waals surface area contributed by atoms with Crippen molar-refractivity contribution >= 4 is 56.2 Å². The Balaban J connectivity index is 0.000000165. The number of nitrogens with one attached hydrogen (secondary N) is 1. The number of amides is 1. The summed E-state index contributed by atoms with van der Waals surface area (Å²) in [5.41, 5.74) is 9.09. The molecule has 2 saturated heterocycles. The first-order valence-corrected chi connectivity index (χ1v) is 25.8. The quantitative estimate of drug-likeness (QED) is 0.0945. The number of carbonyl (C=O) groups excluding carboxylic acids is 2. The fourth-order valence-corrected chi connectivity index (χ4v) is 9.85. The number of fused-ring (bicyclic) bond motifs is 2.